The van der Waals surface area contributed by atoms with Crippen molar-refractivity contribution in [2.24, 2.45) is 5.92 Å². The van der Waals surface area contributed by atoms with Crippen LogP contribution in [0.5, 0.6) is 0 Å². The Morgan fingerprint density at radius 3 is 2.81 bits per heavy atom. The summed E-state index contributed by atoms with van der Waals surface area (Å²) in [6.45, 7) is 3.09. The fraction of sp³-hybridized carbons (Fsp3) is 0.450. The Labute approximate surface area is 157 Å². The quantitative estimate of drug-likeness (QED) is 0.703. The summed E-state index contributed by atoms with van der Waals surface area (Å²) in [5.74, 6) is 2.32. The smallest absolute Gasteiger partial charge is 0.181 e. The van der Waals surface area contributed by atoms with E-state index in [9.17, 15) is 0 Å². The van der Waals surface area contributed by atoms with Gasteiger partial charge in [0.15, 0.2) is 5.82 Å². The zero-order chi connectivity index (χ0) is 18.0. The summed E-state index contributed by atoms with van der Waals surface area (Å²) in [6, 6.07) is 7.88. The molecule has 6 heteroatoms. The number of hydrogen-bond acceptors (Lipinski definition) is 6. The molecular formula is C20H24N4OS. The maximum Gasteiger partial charge on any atom is 0.181 e. The highest BCUT2D eigenvalue weighted by Crippen LogP contribution is 2.35. The zero-order valence-corrected chi connectivity index (χ0v) is 16.1. The second-order valence-corrected chi connectivity index (χ2v) is 8.07. The lowest BCUT2D eigenvalue weighted by atomic mass is 9.79. The number of thiophene rings is 1. The van der Waals surface area contributed by atoms with E-state index in [0.29, 0.717) is 5.82 Å². The molecule has 0 amide bonds. The largest absolute Gasteiger partial charge is 0.376 e. The van der Waals surface area contributed by atoms with Crippen LogP contribution in [-0.2, 0) is 4.74 Å². The van der Waals surface area contributed by atoms with Crippen molar-refractivity contribution in [3.05, 3.63) is 35.8 Å². The first kappa shape index (κ1) is 17.4. The maximum absolute atomic E-state index is 5.94. The summed E-state index contributed by atoms with van der Waals surface area (Å²) in [5.41, 5.74) is 0.684. The van der Waals surface area contributed by atoms with Crippen LogP contribution in [0.3, 0.4) is 0 Å². The molecule has 1 fully saturated rings. The first-order valence-electron chi connectivity index (χ1n) is 9.15. The molecule has 3 aromatic heterocycles. The van der Waals surface area contributed by atoms with E-state index in [4.69, 9.17) is 9.72 Å². The van der Waals surface area contributed by atoms with Crippen LogP contribution in [0.15, 0.2) is 35.8 Å². The molecule has 26 heavy (non-hydrogen) atoms. The van der Waals surface area contributed by atoms with Gasteiger partial charge in [-0.1, -0.05) is 13.0 Å². The van der Waals surface area contributed by atoms with Crippen molar-refractivity contribution in [3.8, 4) is 11.5 Å². The van der Waals surface area contributed by atoms with E-state index in [1.807, 2.05) is 25.3 Å². The third-order valence-corrected chi connectivity index (χ3v) is 6.22. The van der Waals surface area contributed by atoms with Gasteiger partial charge >= 0.3 is 0 Å². The van der Waals surface area contributed by atoms with Gasteiger partial charge in [0.1, 0.15) is 16.3 Å². The summed E-state index contributed by atoms with van der Waals surface area (Å²) in [7, 11) is 1.83. The van der Waals surface area contributed by atoms with Crippen LogP contribution in [0.2, 0.25) is 0 Å². The number of fused-ring (bicyclic) bond motifs is 1. The predicted octanol–water partition coefficient (Wildman–Crippen LogP) is 4.76. The molecule has 0 saturated heterocycles. The fourth-order valence-corrected chi connectivity index (χ4v) is 4.35. The zero-order valence-electron chi connectivity index (χ0n) is 15.2. The number of pyridine rings is 1. The number of ether oxygens (including phenoxy) is 1. The van der Waals surface area contributed by atoms with E-state index in [1.165, 1.54) is 12.8 Å². The van der Waals surface area contributed by atoms with Gasteiger partial charge in [0.2, 0.25) is 0 Å². The Hall–Kier alpha value is -2.05. The molecule has 0 radical (unpaired) electrons. The highest BCUT2D eigenvalue weighted by atomic mass is 32.1. The topological polar surface area (TPSA) is 59.9 Å². The van der Waals surface area contributed by atoms with Gasteiger partial charge in [0.05, 0.1) is 11.0 Å². The maximum atomic E-state index is 5.94. The Morgan fingerprint density at radius 2 is 2.08 bits per heavy atom. The number of nitrogens with one attached hydrogen (secondary N) is 1. The summed E-state index contributed by atoms with van der Waals surface area (Å²) < 4.78 is 5.94. The molecule has 136 valence electrons. The minimum absolute atomic E-state index is 0.106. The van der Waals surface area contributed by atoms with Gasteiger partial charge in [-0.05, 0) is 55.2 Å². The predicted molar refractivity (Wildman–Crippen MR) is 107 cm³/mol. The third-order valence-electron chi connectivity index (χ3n) is 5.42. The van der Waals surface area contributed by atoms with Crippen molar-refractivity contribution in [1.82, 2.24) is 15.0 Å². The van der Waals surface area contributed by atoms with Gasteiger partial charge in [-0.25, -0.2) is 9.97 Å². The van der Waals surface area contributed by atoms with Gasteiger partial charge in [-0.3, -0.25) is 4.98 Å². The van der Waals surface area contributed by atoms with Gasteiger partial charge in [0, 0.05) is 19.9 Å². The number of methoxy groups -OCH3 is 1. The summed E-state index contributed by atoms with van der Waals surface area (Å²) >= 11 is 1.63. The Bertz CT molecular complexity index is 872. The van der Waals surface area contributed by atoms with E-state index in [1.54, 1.807) is 17.5 Å². The number of anilines is 1. The number of nitrogens with zero attached hydrogens (tertiary/aromatic N) is 3. The highest BCUT2D eigenvalue weighted by molar-refractivity contribution is 7.16. The molecule has 5 nitrogen and oxygen atoms in total. The van der Waals surface area contributed by atoms with Crippen LogP contribution < -0.4 is 5.32 Å². The fourth-order valence-electron chi connectivity index (χ4n) is 3.59. The van der Waals surface area contributed by atoms with Crippen molar-refractivity contribution < 1.29 is 4.74 Å². The molecule has 3 heterocycles. The molecule has 4 rings (SSSR count). The molecule has 0 spiro atoms. The number of aromatic nitrogens is 3. The summed E-state index contributed by atoms with van der Waals surface area (Å²) in [4.78, 5) is 14.8. The van der Waals surface area contributed by atoms with E-state index in [2.05, 4.69) is 33.7 Å². The second-order valence-electron chi connectivity index (χ2n) is 7.17. The van der Waals surface area contributed by atoms with Crippen molar-refractivity contribution in [3.63, 3.8) is 0 Å². The molecule has 3 aromatic rings. The first-order chi connectivity index (χ1) is 12.7. The van der Waals surface area contributed by atoms with Gasteiger partial charge in [-0.2, -0.15) is 0 Å². The lowest BCUT2D eigenvalue weighted by Crippen LogP contribution is -2.42. The highest BCUT2D eigenvalue weighted by Gasteiger charge is 2.34. The molecule has 0 aliphatic heterocycles. The third kappa shape index (κ3) is 3.44. The molecule has 1 aliphatic rings. The van der Waals surface area contributed by atoms with E-state index < -0.39 is 0 Å². The van der Waals surface area contributed by atoms with Crippen LogP contribution in [0, 0.1) is 5.92 Å². The van der Waals surface area contributed by atoms with Crippen LogP contribution in [0.1, 0.15) is 32.6 Å². The average Bonchev–Trinajstić information content (AvgIpc) is 3.17. The van der Waals surface area contributed by atoms with Crippen LogP contribution in [0.4, 0.5) is 5.82 Å². The lowest BCUT2D eigenvalue weighted by molar-refractivity contribution is -0.0366. The van der Waals surface area contributed by atoms with Crippen molar-refractivity contribution >= 4 is 27.4 Å². The SMILES string of the molecule is COC1(CNc2nc(-c3ccccn3)nc3sccc23)CCC(C)CC1. The molecule has 1 N–H and O–H groups in total. The number of rotatable bonds is 5. The van der Waals surface area contributed by atoms with Crippen LogP contribution in [-0.4, -0.2) is 34.2 Å². The lowest BCUT2D eigenvalue weighted by Gasteiger charge is -2.38. The summed E-state index contributed by atoms with van der Waals surface area (Å²) in [5, 5.41) is 6.68. The molecular weight excluding hydrogens is 344 g/mol. The number of hydrogen-bond donors (Lipinski definition) is 1. The van der Waals surface area contributed by atoms with Crippen molar-refractivity contribution in [1.29, 1.82) is 0 Å². The van der Waals surface area contributed by atoms with Gasteiger partial charge < -0.3 is 10.1 Å². The monoisotopic (exact) mass is 368 g/mol. The van der Waals surface area contributed by atoms with Crippen molar-refractivity contribution in [2.45, 2.75) is 38.2 Å². The standard InChI is InChI=1S/C20H24N4OS/c1-14-6-9-20(25-2,10-7-14)13-22-17-15-8-12-26-19(15)24-18(23-17)16-5-3-4-11-21-16/h3-5,8,11-12,14H,6-7,9-10,13H2,1-2H3,(H,22,23,24). The van der Waals surface area contributed by atoms with E-state index in [-0.39, 0.29) is 5.60 Å². The van der Waals surface area contributed by atoms with E-state index in [0.717, 1.165) is 47.0 Å². The van der Waals surface area contributed by atoms with Gasteiger partial charge in [0.25, 0.3) is 0 Å². The average molecular weight is 369 g/mol. The Balaban J connectivity index is 1.62. The molecule has 0 aromatic carbocycles. The molecule has 1 saturated carbocycles. The van der Waals surface area contributed by atoms with Crippen LogP contribution in [0.25, 0.3) is 21.7 Å². The normalized spacial score (nSPS) is 23.2. The minimum Gasteiger partial charge on any atom is -0.376 e. The second kappa shape index (κ2) is 7.29. The van der Waals surface area contributed by atoms with Gasteiger partial charge in [-0.15, -0.1) is 11.3 Å². The summed E-state index contributed by atoms with van der Waals surface area (Å²) in [6.07, 6.45) is 6.37. The molecule has 1 aliphatic carbocycles. The minimum atomic E-state index is -0.106. The van der Waals surface area contributed by atoms with E-state index >= 15 is 0 Å². The first-order valence-corrected chi connectivity index (χ1v) is 10.0. The Morgan fingerprint density at radius 1 is 1.23 bits per heavy atom. The molecule has 0 bridgehead atoms. The van der Waals surface area contributed by atoms with Crippen molar-refractivity contribution in [2.75, 3.05) is 19.0 Å². The molecule has 0 atom stereocenters. The molecule has 0 unspecified atom stereocenters. The Kier molecular flexibility index (Phi) is 4.87. The van der Waals surface area contributed by atoms with Crippen LogP contribution >= 0.6 is 11.3 Å².